The molecular formula is C18H29N. The van der Waals surface area contributed by atoms with Crippen LogP contribution in [0.1, 0.15) is 47.5 Å². The molecule has 0 aliphatic rings. The second kappa shape index (κ2) is 10.5. The Bertz CT molecular complexity index is 369. The second-order valence-corrected chi connectivity index (χ2v) is 5.14. The Morgan fingerprint density at radius 2 is 1.79 bits per heavy atom. The van der Waals surface area contributed by atoms with Gasteiger partial charge in [-0.2, -0.15) is 0 Å². The maximum atomic E-state index is 4.71. The topological polar surface area (TPSA) is 12.4 Å². The number of hydrogen-bond acceptors (Lipinski definition) is 1. The number of rotatable bonds is 8. The predicted molar refractivity (Wildman–Crippen MR) is 88.9 cm³/mol. The zero-order valence-electron chi connectivity index (χ0n) is 13.2. The molecule has 19 heavy (non-hydrogen) atoms. The summed E-state index contributed by atoms with van der Waals surface area (Å²) in [5, 5.41) is 0. The molecule has 0 aromatic heterocycles. The molecule has 0 saturated carbocycles. The van der Waals surface area contributed by atoms with Gasteiger partial charge in [0.2, 0.25) is 0 Å². The molecule has 106 valence electrons. The molecule has 2 unspecified atom stereocenters. The van der Waals surface area contributed by atoms with Gasteiger partial charge in [-0.25, -0.2) is 0 Å². The minimum atomic E-state index is 0.399. The molecule has 2 atom stereocenters. The number of aliphatic imine (C=N–C) groups is 1. The van der Waals surface area contributed by atoms with Gasteiger partial charge in [-0.3, -0.25) is 4.99 Å². The SMILES string of the molecule is C=C/C=C(C)/C=C\C=C/C(C)=NC(C)C(C)CCC. The van der Waals surface area contributed by atoms with E-state index in [-0.39, 0.29) is 0 Å². The van der Waals surface area contributed by atoms with Crippen LogP contribution in [0.5, 0.6) is 0 Å². The van der Waals surface area contributed by atoms with E-state index in [1.165, 1.54) is 18.4 Å². The van der Waals surface area contributed by atoms with Gasteiger partial charge in [0.15, 0.2) is 0 Å². The van der Waals surface area contributed by atoms with Gasteiger partial charge in [-0.05, 0) is 39.2 Å². The van der Waals surface area contributed by atoms with E-state index in [0.29, 0.717) is 12.0 Å². The summed E-state index contributed by atoms with van der Waals surface area (Å²) < 4.78 is 0. The molecular weight excluding hydrogens is 230 g/mol. The van der Waals surface area contributed by atoms with Crippen LogP contribution in [-0.2, 0) is 0 Å². The molecule has 0 aromatic rings. The van der Waals surface area contributed by atoms with Crippen molar-refractivity contribution in [3.8, 4) is 0 Å². The van der Waals surface area contributed by atoms with Crippen LogP contribution in [0.4, 0.5) is 0 Å². The Morgan fingerprint density at radius 1 is 1.16 bits per heavy atom. The molecule has 0 radical (unpaired) electrons. The Morgan fingerprint density at radius 3 is 2.37 bits per heavy atom. The Kier molecular flexibility index (Phi) is 9.78. The lowest BCUT2D eigenvalue weighted by atomic mass is 9.99. The van der Waals surface area contributed by atoms with Crippen molar-refractivity contribution in [2.24, 2.45) is 10.9 Å². The van der Waals surface area contributed by atoms with Crippen LogP contribution in [0, 0.1) is 5.92 Å². The van der Waals surface area contributed by atoms with Gasteiger partial charge in [0.05, 0.1) is 0 Å². The Balaban J connectivity index is 4.39. The molecule has 0 aliphatic heterocycles. The molecule has 0 aromatic carbocycles. The first-order chi connectivity index (χ1) is 9.01. The first-order valence-electron chi connectivity index (χ1n) is 7.19. The molecule has 0 saturated heterocycles. The molecule has 0 rings (SSSR count). The Labute approximate surface area is 119 Å². The minimum Gasteiger partial charge on any atom is -0.287 e. The fourth-order valence-electron chi connectivity index (χ4n) is 1.83. The average molecular weight is 259 g/mol. The highest BCUT2D eigenvalue weighted by Gasteiger charge is 2.08. The van der Waals surface area contributed by atoms with Gasteiger partial charge >= 0.3 is 0 Å². The largest absolute Gasteiger partial charge is 0.287 e. The van der Waals surface area contributed by atoms with E-state index >= 15 is 0 Å². The van der Waals surface area contributed by atoms with Gasteiger partial charge in [-0.15, -0.1) is 0 Å². The highest BCUT2D eigenvalue weighted by Crippen LogP contribution is 2.13. The summed E-state index contributed by atoms with van der Waals surface area (Å²) in [6.45, 7) is 14.5. The standard InChI is InChI=1S/C18H29N/c1-7-11-15(3)13-9-10-14-17(5)19-18(6)16(4)12-8-2/h7,9-11,13-14,16,18H,1,8,12H2,2-6H3/b13-9-,14-10-,15-11+,19-17?. The lowest BCUT2D eigenvalue weighted by Gasteiger charge is -2.15. The summed E-state index contributed by atoms with van der Waals surface area (Å²) in [4.78, 5) is 4.71. The predicted octanol–water partition coefficient (Wildman–Crippen LogP) is 5.52. The lowest BCUT2D eigenvalue weighted by molar-refractivity contribution is 0.448. The third-order valence-electron chi connectivity index (χ3n) is 3.16. The van der Waals surface area contributed by atoms with E-state index in [4.69, 9.17) is 4.99 Å². The van der Waals surface area contributed by atoms with E-state index in [2.05, 4.69) is 53.3 Å². The summed E-state index contributed by atoms with van der Waals surface area (Å²) >= 11 is 0. The van der Waals surface area contributed by atoms with E-state index in [9.17, 15) is 0 Å². The maximum absolute atomic E-state index is 4.71. The molecule has 0 spiro atoms. The monoisotopic (exact) mass is 259 g/mol. The fraction of sp³-hybridized carbons (Fsp3) is 0.500. The Hall–Kier alpha value is -1.37. The number of hydrogen-bond donors (Lipinski definition) is 0. The highest BCUT2D eigenvalue weighted by molar-refractivity contribution is 5.93. The smallest absolute Gasteiger partial charge is 0.0500 e. The van der Waals surface area contributed by atoms with Gasteiger partial charge in [0.1, 0.15) is 0 Å². The summed E-state index contributed by atoms with van der Waals surface area (Å²) in [7, 11) is 0. The van der Waals surface area contributed by atoms with E-state index in [0.717, 1.165) is 5.71 Å². The van der Waals surface area contributed by atoms with Gasteiger partial charge in [0, 0.05) is 11.8 Å². The van der Waals surface area contributed by atoms with Gasteiger partial charge in [-0.1, -0.05) is 62.8 Å². The first-order valence-corrected chi connectivity index (χ1v) is 7.19. The van der Waals surface area contributed by atoms with Gasteiger partial charge in [0.25, 0.3) is 0 Å². The van der Waals surface area contributed by atoms with Crippen molar-refractivity contribution in [1.29, 1.82) is 0 Å². The average Bonchev–Trinajstić information content (AvgIpc) is 2.35. The molecule has 0 amide bonds. The van der Waals surface area contributed by atoms with Crippen molar-refractivity contribution in [1.82, 2.24) is 0 Å². The first kappa shape index (κ1) is 17.6. The van der Waals surface area contributed by atoms with Crippen LogP contribution >= 0.6 is 0 Å². The van der Waals surface area contributed by atoms with E-state index in [1.807, 2.05) is 18.2 Å². The van der Waals surface area contributed by atoms with Crippen LogP contribution in [0.3, 0.4) is 0 Å². The quantitative estimate of drug-likeness (QED) is 0.402. The van der Waals surface area contributed by atoms with Crippen LogP contribution in [-0.4, -0.2) is 11.8 Å². The van der Waals surface area contributed by atoms with Crippen LogP contribution in [0.25, 0.3) is 0 Å². The molecule has 0 bridgehead atoms. The molecule has 0 N–H and O–H groups in total. The van der Waals surface area contributed by atoms with Crippen molar-refractivity contribution < 1.29 is 0 Å². The van der Waals surface area contributed by atoms with Crippen molar-refractivity contribution in [3.05, 3.63) is 48.6 Å². The van der Waals surface area contributed by atoms with Crippen LogP contribution < -0.4 is 0 Å². The molecule has 1 nitrogen and oxygen atoms in total. The summed E-state index contributed by atoms with van der Waals surface area (Å²) in [5.74, 6) is 0.654. The van der Waals surface area contributed by atoms with E-state index < -0.39 is 0 Å². The molecule has 0 aliphatic carbocycles. The molecule has 0 heterocycles. The maximum Gasteiger partial charge on any atom is 0.0500 e. The normalized spacial score (nSPS) is 17.1. The minimum absolute atomic E-state index is 0.399. The highest BCUT2D eigenvalue weighted by atomic mass is 14.8. The van der Waals surface area contributed by atoms with Gasteiger partial charge < -0.3 is 0 Å². The third kappa shape index (κ3) is 9.24. The lowest BCUT2D eigenvalue weighted by Crippen LogP contribution is -2.12. The summed E-state index contributed by atoms with van der Waals surface area (Å²) in [6.07, 6.45) is 14.5. The molecule has 0 fully saturated rings. The summed E-state index contributed by atoms with van der Waals surface area (Å²) in [5.41, 5.74) is 2.28. The fourth-order valence-corrected chi connectivity index (χ4v) is 1.83. The number of allylic oxidation sites excluding steroid dienone is 7. The second-order valence-electron chi connectivity index (χ2n) is 5.14. The zero-order valence-corrected chi connectivity index (χ0v) is 13.2. The van der Waals surface area contributed by atoms with E-state index in [1.54, 1.807) is 6.08 Å². The van der Waals surface area contributed by atoms with Crippen molar-refractivity contribution in [2.75, 3.05) is 0 Å². The zero-order chi connectivity index (χ0) is 14.7. The number of nitrogens with zero attached hydrogens (tertiary/aromatic N) is 1. The van der Waals surface area contributed by atoms with Crippen LogP contribution in [0.15, 0.2) is 53.6 Å². The summed E-state index contributed by atoms with van der Waals surface area (Å²) in [6, 6.07) is 0.399. The van der Waals surface area contributed by atoms with Crippen molar-refractivity contribution in [2.45, 2.75) is 53.5 Å². The van der Waals surface area contributed by atoms with Crippen molar-refractivity contribution in [3.63, 3.8) is 0 Å². The van der Waals surface area contributed by atoms with Crippen molar-refractivity contribution >= 4 is 5.71 Å². The third-order valence-corrected chi connectivity index (χ3v) is 3.16. The molecule has 1 heteroatoms. The van der Waals surface area contributed by atoms with Crippen LogP contribution in [0.2, 0.25) is 0 Å².